The maximum absolute atomic E-state index is 12.3. The number of aryl methyl sites for hydroxylation is 1. The van der Waals surface area contributed by atoms with Crippen molar-refractivity contribution in [3.05, 3.63) is 17.8 Å². The number of rotatable bonds is 4. The van der Waals surface area contributed by atoms with Gasteiger partial charge in [0, 0.05) is 6.42 Å². The highest BCUT2D eigenvalue weighted by molar-refractivity contribution is 5.97. The van der Waals surface area contributed by atoms with E-state index in [0.717, 1.165) is 12.2 Å². The number of piperazine rings is 1. The van der Waals surface area contributed by atoms with Gasteiger partial charge in [-0.3, -0.25) is 9.59 Å². The zero-order valence-electron chi connectivity index (χ0n) is 11.5. The number of hydrogen-bond donors (Lipinski definition) is 1. The Hall–Kier alpha value is -1.85. The molecule has 0 radical (unpaired) electrons. The monoisotopic (exact) mass is 265 g/mol. The first kappa shape index (κ1) is 13.6. The molecule has 0 aromatic carbocycles. The van der Waals surface area contributed by atoms with Crippen LogP contribution < -0.4 is 5.32 Å². The highest BCUT2D eigenvalue weighted by atomic mass is 16.4. The fraction of sp³-hybridized carbons (Fsp3) is 0.615. The van der Waals surface area contributed by atoms with Crippen molar-refractivity contribution < 1.29 is 14.0 Å². The SMILES string of the molecule is CCc1cnc(CN2CC(=O)NC(C)(CC)C2=O)o1. The minimum Gasteiger partial charge on any atom is -0.444 e. The zero-order valence-corrected chi connectivity index (χ0v) is 11.5. The van der Waals surface area contributed by atoms with Crippen LogP contribution in [0.4, 0.5) is 0 Å². The molecule has 2 heterocycles. The van der Waals surface area contributed by atoms with Gasteiger partial charge in [-0.1, -0.05) is 13.8 Å². The van der Waals surface area contributed by atoms with Gasteiger partial charge >= 0.3 is 0 Å². The first-order valence-corrected chi connectivity index (χ1v) is 6.52. The average Bonchev–Trinajstić information content (AvgIpc) is 2.83. The summed E-state index contributed by atoms with van der Waals surface area (Å²) in [7, 11) is 0. The van der Waals surface area contributed by atoms with Crippen LogP contribution in [0.15, 0.2) is 10.6 Å². The molecule has 104 valence electrons. The van der Waals surface area contributed by atoms with E-state index in [1.54, 1.807) is 13.1 Å². The molecular formula is C13H19N3O3. The molecule has 1 atom stereocenters. The Morgan fingerprint density at radius 1 is 1.47 bits per heavy atom. The Kier molecular flexibility index (Phi) is 3.59. The highest BCUT2D eigenvalue weighted by Gasteiger charge is 2.41. The van der Waals surface area contributed by atoms with Crippen molar-refractivity contribution in [3.63, 3.8) is 0 Å². The molecule has 6 heteroatoms. The molecule has 1 aromatic heterocycles. The summed E-state index contributed by atoms with van der Waals surface area (Å²) >= 11 is 0. The fourth-order valence-corrected chi connectivity index (χ4v) is 2.11. The van der Waals surface area contributed by atoms with E-state index >= 15 is 0 Å². The second-order valence-electron chi connectivity index (χ2n) is 4.97. The number of nitrogens with one attached hydrogen (secondary N) is 1. The van der Waals surface area contributed by atoms with Crippen LogP contribution in [0.25, 0.3) is 0 Å². The third kappa shape index (κ3) is 2.62. The minimum atomic E-state index is -0.824. The average molecular weight is 265 g/mol. The molecule has 6 nitrogen and oxygen atoms in total. The summed E-state index contributed by atoms with van der Waals surface area (Å²) < 4.78 is 5.48. The lowest BCUT2D eigenvalue weighted by Gasteiger charge is -2.38. The van der Waals surface area contributed by atoms with Crippen LogP contribution in [0.1, 0.15) is 38.8 Å². The molecule has 19 heavy (non-hydrogen) atoms. The molecule has 1 aliphatic heterocycles. The van der Waals surface area contributed by atoms with Crippen LogP contribution in [0, 0.1) is 0 Å². The Balaban J connectivity index is 2.14. The summed E-state index contributed by atoms with van der Waals surface area (Å²) in [5.41, 5.74) is -0.824. The molecule has 0 saturated carbocycles. The summed E-state index contributed by atoms with van der Waals surface area (Å²) in [5, 5.41) is 2.74. The first-order valence-electron chi connectivity index (χ1n) is 6.52. The molecule has 0 spiro atoms. The van der Waals surface area contributed by atoms with Gasteiger partial charge in [-0.15, -0.1) is 0 Å². The smallest absolute Gasteiger partial charge is 0.248 e. The summed E-state index contributed by atoms with van der Waals surface area (Å²) in [6.07, 6.45) is 2.97. The molecule has 2 rings (SSSR count). The van der Waals surface area contributed by atoms with Gasteiger partial charge in [-0.05, 0) is 13.3 Å². The number of nitrogens with zero attached hydrogens (tertiary/aromatic N) is 2. The molecule has 1 aromatic rings. The number of aromatic nitrogens is 1. The van der Waals surface area contributed by atoms with Crippen LogP contribution in [0.3, 0.4) is 0 Å². The second kappa shape index (κ2) is 5.03. The van der Waals surface area contributed by atoms with Gasteiger partial charge in [-0.2, -0.15) is 0 Å². The predicted molar refractivity (Wildman–Crippen MR) is 68.1 cm³/mol. The van der Waals surface area contributed by atoms with Crippen LogP contribution in [0.5, 0.6) is 0 Å². The highest BCUT2D eigenvalue weighted by Crippen LogP contribution is 2.19. The Bertz CT molecular complexity index is 497. The molecule has 0 aliphatic carbocycles. The van der Waals surface area contributed by atoms with Gasteiger partial charge in [0.1, 0.15) is 17.8 Å². The van der Waals surface area contributed by atoms with Crippen LogP contribution in [-0.4, -0.2) is 33.8 Å². The normalized spacial score (nSPS) is 23.6. The second-order valence-corrected chi connectivity index (χ2v) is 4.97. The van der Waals surface area contributed by atoms with E-state index in [-0.39, 0.29) is 24.9 Å². The Morgan fingerprint density at radius 3 is 2.79 bits per heavy atom. The molecule has 1 aliphatic rings. The maximum Gasteiger partial charge on any atom is 0.248 e. The third-order valence-electron chi connectivity index (χ3n) is 3.49. The topological polar surface area (TPSA) is 75.4 Å². The van der Waals surface area contributed by atoms with E-state index in [2.05, 4.69) is 10.3 Å². The summed E-state index contributed by atoms with van der Waals surface area (Å²) in [5.74, 6) is 1.01. The van der Waals surface area contributed by atoms with Crippen LogP contribution in [-0.2, 0) is 22.6 Å². The number of oxazole rings is 1. The number of hydrogen-bond acceptors (Lipinski definition) is 4. The number of carbonyl (C=O) groups is 2. The van der Waals surface area contributed by atoms with Gasteiger partial charge < -0.3 is 14.6 Å². The summed E-state index contributed by atoms with van der Waals surface area (Å²) in [4.78, 5) is 29.7. The van der Waals surface area contributed by atoms with Crippen molar-refractivity contribution in [1.29, 1.82) is 0 Å². The lowest BCUT2D eigenvalue weighted by Crippen LogP contribution is -2.64. The van der Waals surface area contributed by atoms with Gasteiger partial charge in [-0.25, -0.2) is 4.98 Å². The van der Waals surface area contributed by atoms with Gasteiger partial charge in [0.05, 0.1) is 12.7 Å². The Morgan fingerprint density at radius 2 is 2.21 bits per heavy atom. The third-order valence-corrected chi connectivity index (χ3v) is 3.49. The Labute approximate surface area is 112 Å². The lowest BCUT2D eigenvalue weighted by molar-refractivity contribution is -0.150. The van der Waals surface area contributed by atoms with Crippen LogP contribution >= 0.6 is 0 Å². The summed E-state index contributed by atoms with van der Waals surface area (Å²) in [6.45, 7) is 5.88. The van der Waals surface area contributed by atoms with E-state index in [1.165, 1.54) is 4.90 Å². The first-order chi connectivity index (χ1) is 8.98. The molecule has 1 unspecified atom stereocenters. The van der Waals surface area contributed by atoms with Crippen molar-refractivity contribution in [1.82, 2.24) is 15.2 Å². The van der Waals surface area contributed by atoms with Crippen molar-refractivity contribution in [2.75, 3.05) is 6.54 Å². The molecular weight excluding hydrogens is 246 g/mol. The maximum atomic E-state index is 12.3. The largest absolute Gasteiger partial charge is 0.444 e. The minimum absolute atomic E-state index is 0.0538. The van der Waals surface area contributed by atoms with Gasteiger partial charge in [0.2, 0.25) is 17.7 Å². The molecule has 2 amide bonds. The van der Waals surface area contributed by atoms with E-state index < -0.39 is 5.54 Å². The van der Waals surface area contributed by atoms with Crippen molar-refractivity contribution >= 4 is 11.8 Å². The predicted octanol–water partition coefficient (Wildman–Crippen LogP) is 0.864. The number of amides is 2. The quantitative estimate of drug-likeness (QED) is 0.876. The fourth-order valence-electron chi connectivity index (χ4n) is 2.11. The molecule has 1 N–H and O–H groups in total. The van der Waals surface area contributed by atoms with E-state index in [1.807, 2.05) is 13.8 Å². The molecule has 0 bridgehead atoms. The van der Waals surface area contributed by atoms with Gasteiger partial charge in [0.25, 0.3) is 0 Å². The molecule has 1 saturated heterocycles. The van der Waals surface area contributed by atoms with Gasteiger partial charge in [0.15, 0.2) is 0 Å². The van der Waals surface area contributed by atoms with E-state index in [9.17, 15) is 9.59 Å². The van der Waals surface area contributed by atoms with E-state index in [0.29, 0.717) is 12.3 Å². The standard InChI is InChI=1S/C13H19N3O3/c1-4-9-6-14-11(19-9)8-16-7-10(17)15-13(3,5-2)12(16)18/h6H,4-5,7-8H2,1-3H3,(H,15,17). The van der Waals surface area contributed by atoms with E-state index in [4.69, 9.17) is 4.42 Å². The summed E-state index contributed by atoms with van der Waals surface area (Å²) in [6, 6.07) is 0. The van der Waals surface area contributed by atoms with Crippen LogP contribution in [0.2, 0.25) is 0 Å². The lowest BCUT2D eigenvalue weighted by atomic mass is 9.94. The van der Waals surface area contributed by atoms with Crippen molar-refractivity contribution in [3.8, 4) is 0 Å². The zero-order chi connectivity index (χ0) is 14.0. The van der Waals surface area contributed by atoms with Crippen molar-refractivity contribution in [2.45, 2.75) is 45.7 Å². The number of carbonyl (C=O) groups excluding carboxylic acids is 2. The van der Waals surface area contributed by atoms with Crippen molar-refractivity contribution in [2.24, 2.45) is 0 Å². The molecule has 1 fully saturated rings.